The van der Waals surface area contributed by atoms with Crippen LogP contribution in [0, 0.1) is 11.8 Å². The van der Waals surface area contributed by atoms with E-state index in [2.05, 4.69) is 39.6 Å². The van der Waals surface area contributed by atoms with Gasteiger partial charge in [0.15, 0.2) is 5.65 Å². The summed E-state index contributed by atoms with van der Waals surface area (Å²) in [7, 11) is 1.56. The van der Waals surface area contributed by atoms with Crippen LogP contribution in [0.15, 0.2) is 79.1 Å². The molecular formula is C56H71N11O6. The summed E-state index contributed by atoms with van der Waals surface area (Å²) in [5, 5.41) is 8.18. The molecule has 17 nitrogen and oxygen atoms in total. The fraction of sp³-hybridized carbons (Fsp3) is 0.500. The summed E-state index contributed by atoms with van der Waals surface area (Å²) in [5.41, 5.74) is 10.9. The molecule has 0 spiro atoms. The summed E-state index contributed by atoms with van der Waals surface area (Å²) in [6, 6.07) is 23.9. The molecule has 4 saturated heterocycles. The summed E-state index contributed by atoms with van der Waals surface area (Å²) in [6.07, 6.45) is 15.8. The molecule has 3 aromatic carbocycles. The standard InChI is InChI=1S/C54H66N10O5.C2H5NO/c1-37(7-6-34-65)63-52(66)46-17-14-43(35-47(46)53(63)67)60-26-18-38(19-27-60)8-5-9-39-20-28-61(29-21-39)54(68)62-32-22-41(23-33-62)59-30-24-42(25-31-59)64-51-48(50(55)56-36-57-51)49(58-64)40-12-15-45(16-13-40)69-44-10-3-2-4-11-44;1-3-2-4/h2-4,10-17,34-39,41-42H,5-9,18-33H2,1H3,(H2,55,56,57);2H,1H3,(H,3,4). The van der Waals surface area contributed by atoms with Gasteiger partial charge >= 0.3 is 6.03 Å². The molecule has 17 heteroatoms. The van der Waals surface area contributed by atoms with Gasteiger partial charge in [-0.15, -0.1) is 0 Å². The third kappa shape index (κ3) is 11.7. The lowest BCUT2D eigenvalue weighted by atomic mass is 9.86. The number of carbonyl (C=O) groups excluding carboxylic acids is 5. The summed E-state index contributed by atoms with van der Waals surface area (Å²) in [6.45, 7) is 9.01. The number of rotatable bonds is 15. The Balaban J connectivity index is 0.00000158. The van der Waals surface area contributed by atoms with Crippen LogP contribution in [0.5, 0.6) is 11.5 Å². The van der Waals surface area contributed by atoms with Crippen molar-refractivity contribution in [3.05, 3.63) is 90.3 Å². The molecule has 5 amide bonds. The van der Waals surface area contributed by atoms with Crippen LogP contribution < -0.4 is 20.7 Å². The molecule has 7 heterocycles. The smallest absolute Gasteiger partial charge is 0.319 e. The van der Waals surface area contributed by atoms with E-state index in [0.29, 0.717) is 54.1 Å². The Morgan fingerprint density at radius 1 is 0.753 bits per heavy atom. The maximum atomic E-state index is 13.7. The fourth-order valence-corrected chi connectivity index (χ4v) is 11.7. The lowest BCUT2D eigenvalue weighted by Crippen LogP contribution is -2.53. The largest absolute Gasteiger partial charge is 0.457 e. The molecule has 5 aliphatic rings. The van der Waals surface area contributed by atoms with Crippen molar-refractivity contribution >= 4 is 53.1 Å². The van der Waals surface area contributed by atoms with Crippen LogP contribution in [0.2, 0.25) is 0 Å². The number of imide groups is 1. The molecule has 1 atom stereocenters. The van der Waals surface area contributed by atoms with Crippen molar-refractivity contribution in [3.63, 3.8) is 0 Å². The van der Waals surface area contributed by atoms with Crippen LogP contribution in [0.25, 0.3) is 22.3 Å². The van der Waals surface area contributed by atoms with Crippen molar-refractivity contribution in [1.82, 2.24) is 44.7 Å². The highest BCUT2D eigenvalue weighted by molar-refractivity contribution is 6.22. The number of urea groups is 1. The van der Waals surface area contributed by atoms with E-state index in [1.54, 1.807) is 13.1 Å². The number of fused-ring (bicyclic) bond motifs is 2. The summed E-state index contributed by atoms with van der Waals surface area (Å²) < 4.78 is 8.11. The van der Waals surface area contributed by atoms with Crippen LogP contribution in [-0.2, 0) is 9.59 Å². The lowest BCUT2D eigenvalue weighted by Gasteiger charge is -2.43. The van der Waals surface area contributed by atoms with E-state index >= 15 is 0 Å². The van der Waals surface area contributed by atoms with Crippen molar-refractivity contribution in [2.45, 2.75) is 109 Å². The van der Waals surface area contributed by atoms with Gasteiger partial charge in [0, 0.05) is 89.2 Å². The summed E-state index contributed by atoms with van der Waals surface area (Å²) >= 11 is 0. The number of benzene rings is 3. The predicted octanol–water partition coefficient (Wildman–Crippen LogP) is 8.21. The first kappa shape index (κ1) is 51.0. The number of likely N-dealkylation sites (tertiary alicyclic amines) is 3. The number of nitrogens with zero attached hydrogens (tertiary/aromatic N) is 9. The summed E-state index contributed by atoms with van der Waals surface area (Å²) in [5.74, 6) is 2.83. The number of amides is 5. The zero-order valence-corrected chi connectivity index (χ0v) is 42.4. The van der Waals surface area contributed by atoms with Crippen LogP contribution in [0.3, 0.4) is 0 Å². The molecule has 3 N–H and O–H groups in total. The first-order valence-electron chi connectivity index (χ1n) is 26.5. The second-order valence-corrected chi connectivity index (χ2v) is 20.5. The molecule has 73 heavy (non-hydrogen) atoms. The topological polar surface area (TPSA) is 192 Å². The minimum Gasteiger partial charge on any atom is -0.457 e. The van der Waals surface area contributed by atoms with Gasteiger partial charge in [-0.3, -0.25) is 19.3 Å². The van der Waals surface area contributed by atoms with Crippen LogP contribution in [-0.4, -0.2) is 141 Å². The van der Waals surface area contributed by atoms with Gasteiger partial charge in [0.25, 0.3) is 11.8 Å². The van der Waals surface area contributed by atoms with E-state index in [1.165, 1.54) is 30.5 Å². The van der Waals surface area contributed by atoms with Crippen LogP contribution >= 0.6 is 0 Å². The number of hydrogen-bond donors (Lipinski definition) is 2. The summed E-state index contributed by atoms with van der Waals surface area (Å²) in [4.78, 5) is 79.4. The number of carbonyl (C=O) groups is 5. The predicted molar refractivity (Wildman–Crippen MR) is 281 cm³/mol. The van der Waals surface area contributed by atoms with Gasteiger partial charge in [0.2, 0.25) is 6.41 Å². The molecule has 2 aromatic heterocycles. The monoisotopic (exact) mass is 994 g/mol. The molecule has 1 unspecified atom stereocenters. The molecular weight excluding hydrogens is 923 g/mol. The molecule has 5 aromatic rings. The molecule has 10 rings (SSSR count). The maximum Gasteiger partial charge on any atom is 0.319 e. The Labute approximate surface area is 428 Å². The quantitative estimate of drug-likeness (QED) is 0.0756. The third-order valence-electron chi connectivity index (χ3n) is 16.0. The van der Waals surface area contributed by atoms with Crippen molar-refractivity contribution in [2.24, 2.45) is 11.8 Å². The van der Waals surface area contributed by atoms with Crippen LogP contribution in [0.4, 0.5) is 16.3 Å². The third-order valence-corrected chi connectivity index (χ3v) is 16.0. The molecule has 0 saturated carbocycles. The zero-order valence-electron chi connectivity index (χ0n) is 42.4. The van der Waals surface area contributed by atoms with Crippen molar-refractivity contribution < 1.29 is 28.7 Å². The lowest BCUT2D eigenvalue weighted by molar-refractivity contribution is -0.109. The number of nitrogens with one attached hydrogen (secondary N) is 1. The van der Waals surface area contributed by atoms with Gasteiger partial charge in [-0.25, -0.2) is 19.4 Å². The number of hydrogen-bond acceptors (Lipinski definition) is 12. The van der Waals surface area contributed by atoms with Crippen LogP contribution in [0.1, 0.15) is 117 Å². The minimum absolute atomic E-state index is 0.200. The normalized spacial score (nSPS) is 18.9. The Bertz CT molecular complexity index is 2680. The van der Waals surface area contributed by atoms with Gasteiger partial charge < -0.3 is 40.2 Å². The molecule has 4 fully saturated rings. The number of aldehydes is 1. The average molecular weight is 994 g/mol. The van der Waals surface area contributed by atoms with E-state index in [1.807, 2.05) is 73.7 Å². The van der Waals surface area contributed by atoms with E-state index in [0.717, 1.165) is 149 Å². The van der Waals surface area contributed by atoms with Gasteiger partial charge in [-0.1, -0.05) is 37.5 Å². The van der Waals surface area contributed by atoms with E-state index in [-0.39, 0.29) is 29.9 Å². The fourth-order valence-electron chi connectivity index (χ4n) is 11.7. The van der Waals surface area contributed by atoms with Gasteiger partial charge in [-0.05, 0) is 131 Å². The van der Waals surface area contributed by atoms with E-state index < -0.39 is 0 Å². The number of anilines is 2. The number of aromatic nitrogens is 4. The number of para-hydroxylation sites is 1. The highest BCUT2D eigenvalue weighted by atomic mass is 16.5. The van der Waals surface area contributed by atoms with Crippen molar-refractivity contribution in [1.29, 1.82) is 0 Å². The molecule has 0 bridgehead atoms. The Hall–Kier alpha value is -6.88. The Kier molecular flexibility index (Phi) is 16.6. The minimum atomic E-state index is -0.308. The SMILES string of the molecule is CC(CCC=O)N1C(=O)c2ccc(N3CCC(CCCC4CCN(C(=O)N5CCC(N6CCC(n7nc(-c8ccc(Oc9ccccc9)cc8)c8c(N)ncnc87)CC6)CC5)CC4)CC3)cc2C1=O.CNC=O. The van der Waals surface area contributed by atoms with E-state index in [9.17, 15) is 19.2 Å². The highest BCUT2D eigenvalue weighted by Gasteiger charge is 2.39. The Morgan fingerprint density at radius 2 is 1.36 bits per heavy atom. The second-order valence-electron chi connectivity index (χ2n) is 20.5. The van der Waals surface area contributed by atoms with E-state index in [4.69, 9.17) is 20.4 Å². The van der Waals surface area contributed by atoms with Gasteiger partial charge in [0.1, 0.15) is 35.6 Å². The van der Waals surface area contributed by atoms with Crippen molar-refractivity contribution in [3.8, 4) is 22.8 Å². The number of nitrogens with two attached hydrogens (primary N) is 1. The van der Waals surface area contributed by atoms with Gasteiger partial charge in [-0.2, -0.15) is 5.10 Å². The first-order valence-corrected chi connectivity index (χ1v) is 26.5. The Morgan fingerprint density at radius 3 is 2.00 bits per heavy atom. The second kappa shape index (κ2) is 23.8. The molecule has 0 radical (unpaired) electrons. The molecule has 5 aliphatic heterocycles. The number of ether oxygens (including phenoxy) is 1. The highest BCUT2D eigenvalue weighted by Crippen LogP contribution is 2.37. The zero-order chi connectivity index (χ0) is 50.8. The number of nitrogen functional groups attached to an aromatic ring is 1. The molecule has 386 valence electrons. The maximum absolute atomic E-state index is 13.7. The number of piperidine rings is 4. The average Bonchev–Trinajstić information content (AvgIpc) is 3.95. The molecule has 0 aliphatic carbocycles. The van der Waals surface area contributed by atoms with Gasteiger partial charge in [0.05, 0.1) is 22.6 Å². The van der Waals surface area contributed by atoms with Crippen molar-refractivity contribution in [2.75, 3.05) is 70.0 Å². The first-order chi connectivity index (χ1) is 35.6.